The molecule has 1 N–H and O–H groups in total. The van der Waals surface area contributed by atoms with Crippen LogP contribution in [0.4, 0.5) is 4.39 Å². The van der Waals surface area contributed by atoms with Gasteiger partial charge in [-0.1, -0.05) is 11.6 Å². The van der Waals surface area contributed by atoms with Crippen LogP contribution in [0.2, 0.25) is 5.02 Å². The Morgan fingerprint density at radius 1 is 1.67 bits per heavy atom. The summed E-state index contributed by atoms with van der Waals surface area (Å²) in [6.45, 7) is 1.80. The minimum Gasteiger partial charge on any atom is -0.506 e. The van der Waals surface area contributed by atoms with Gasteiger partial charge < -0.3 is 9.84 Å². The maximum absolute atomic E-state index is 12.3. The van der Waals surface area contributed by atoms with E-state index < -0.39 is 4.74 Å². The Labute approximate surface area is 100 Å². The van der Waals surface area contributed by atoms with Gasteiger partial charge in [0.25, 0.3) is 0 Å². The topological polar surface area (TPSA) is 29.5 Å². The molecule has 1 rings (SSSR count). The Morgan fingerprint density at radius 3 is 2.87 bits per heavy atom. The predicted molar refractivity (Wildman–Crippen MR) is 61.5 cm³/mol. The Morgan fingerprint density at radius 2 is 2.33 bits per heavy atom. The fourth-order valence-corrected chi connectivity index (χ4v) is 1.38. The molecule has 15 heavy (non-hydrogen) atoms. The van der Waals surface area contributed by atoms with E-state index in [9.17, 15) is 9.50 Å². The Balaban J connectivity index is 2.75. The van der Waals surface area contributed by atoms with Crippen LogP contribution in [-0.4, -0.2) is 11.7 Å². The van der Waals surface area contributed by atoms with Crippen molar-refractivity contribution in [3.05, 3.63) is 33.5 Å². The molecule has 0 unspecified atom stereocenters. The third kappa shape index (κ3) is 3.72. The first-order valence-corrected chi connectivity index (χ1v) is 5.31. The molecule has 0 aliphatic rings. The zero-order chi connectivity index (χ0) is 11.4. The number of phenols is 1. The third-order valence-electron chi connectivity index (χ3n) is 1.72. The van der Waals surface area contributed by atoms with E-state index in [2.05, 4.69) is 15.9 Å². The number of phenolic OH excluding ortho intramolecular Hbond substituents is 1. The number of hydrogen-bond acceptors (Lipinski definition) is 2. The molecule has 0 aromatic heterocycles. The van der Waals surface area contributed by atoms with E-state index in [4.69, 9.17) is 16.3 Å². The summed E-state index contributed by atoms with van der Waals surface area (Å²) in [5.41, 5.74) is 0.612. The molecule has 2 nitrogen and oxygen atoms in total. The van der Waals surface area contributed by atoms with E-state index >= 15 is 0 Å². The lowest BCUT2D eigenvalue weighted by Gasteiger charge is -2.07. The second-order valence-corrected chi connectivity index (χ2v) is 4.04. The summed E-state index contributed by atoms with van der Waals surface area (Å²) >= 11 is 8.37. The molecule has 0 atom stereocenters. The van der Waals surface area contributed by atoms with Crippen molar-refractivity contribution in [2.45, 2.75) is 6.92 Å². The second-order valence-electron chi connectivity index (χ2n) is 2.88. The van der Waals surface area contributed by atoms with E-state index in [1.807, 2.05) is 0 Å². The van der Waals surface area contributed by atoms with Crippen LogP contribution in [0.15, 0.2) is 22.9 Å². The molecule has 0 spiro atoms. The molecule has 0 saturated carbocycles. The highest BCUT2D eigenvalue weighted by Gasteiger charge is 2.05. The number of aryl methyl sites for hydroxylation is 1. The second kappa shape index (κ2) is 5.37. The van der Waals surface area contributed by atoms with Gasteiger partial charge in [-0.05, 0) is 40.6 Å². The fraction of sp³-hybridized carbons (Fsp3) is 0.200. The first kappa shape index (κ1) is 12.3. The van der Waals surface area contributed by atoms with E-state index in [-0.39, 0.29) is 17.4 Å². The Bertz CT molecular complexity index is 366. The van der Waals surface area contributed by atoms with Crippen molar-refractivity contribution in [3.8, 4) is 11.5 Å². The minimum atomic E-state index is -0.482. The lowest BCUT2D eigenvalue weighted by Crippen LogP contribution is -1.94. The molecule has 0 heterocycles. The summed E-state index contributed by atoms with van der Waals surface area (Å²) in [4.78, 5) is 0. The van der Waals surface area contributed by atoms with Crippen LogP contribution in [0.1, 0.15) is 5.56 Å². The molecular formula is C10H9BrClFO2. The first-order chi connectivity index (χ1) is 7.00. The van der Waals surface area contributed by atoms with Gasteiger partial charge in [0.15, 0.2) is 4.74 Å². The van der Waals surface area contributed by atoms with Crippen molar-refractivity contribution in [1.82, 2.24) is 0 Å². The number of rotatable bonds is 3. The van der Waals surface area contributed by atoms with Gasteiger partial charge in [-0.3, -0.25) is 0 Å². The van der Waals surface area contributed by atoms with Crippen molar-refractivity contribution in [3.63, 3.8) is 0 Å². The average Bonchev–Trinajstić information content (AvgIpc) is 2.13. The summed E-state index contributed by atoms with van der Waals surface area (Å²) in [5.74, 6) is 0.520. The Kier molecular flexibility index (Phi) is 4.42. The normalized spacial score (nSPS) is 11.6. The van der Waals surface area contributed by atoms with Crippen LogP contribution in [0.3, 0.4) is 0 Å². The van der Waals surface area contributed by atoms with Crippen molar-refractivity contribution in [2.24, 2.45) is 0 Å². The maximum atomic E-state index is 12.3. The largest absolute Gasteiger partial charge is 0.506 e. The van der Waals surface area contributed by atoms with Crippen molar-refractivity contribution in [1.29, 1.82) is 0 Å². The summed E-state index contributed by atoms with van der Waals surface area (Å²) in [7, 11) is 0. The summed E-state index contributed by atoms with van der Waals surface area (Å²) in [6, 6.07) is 3.10. The zero-order valence-electron chi connectivity index (χ0n) is 7.93. The molecule has 0 fully saturated rings. The SMILES string of the molecule is Cc1cc(OCC=C(F)Br)cc(Cl)c1O. The van der Waals surface area contributed by atoms with E-state index in [1.54, 1.807) is 13.0 Å². The highest BCUT2D eigenvalue weighted by atomic mass is 79.9. The molecule has 0 amide bonds. The monoisotopic (exact) mass is 294 g/mol. The summed E-state index contributed by atoms with van der Waals surface area (Å²) in [6.07, 6.45) is 1.23. The van der Waals surface area contributed by atoms with Crippen LogP contribution >= 0.6 is 27.5 Å². The van der Waals surface area contributed by atoms with Gasteiger partial charge in [0, 0.05) is 6.07 Å². The van der Waals surface area contributed by atoms with E-state index in [0.29, 0.717) is 11.3 Å². The molecule has 5 heteroatoms. The number of halogens is 3. The zero-order valence-corrected chi connectivity index (χ0v) is 10.3. The average molecular weight is 296 g/mol. The summed E-state index contributed by atoms with van der Waals surface area (Å²) < 4.78 is 17.0. The molecule has 0 aliphatic carbocycles. The van der Waals surface area contributed by atoms with Gasteiger partial charge in [-0.25, -0.2) is 0 Å². The van der Waals surface area contributed by atoms with Crippen molar-refractivity contribution >= 4 is 27.5 Å². The highest BCUT2D eigenvalue weighted by molar-refractivity contribution is 9.11. The molecular weight excluding hydrogens is 286 g/mol. The lowest BCUT2D eigenvalue weighted by molar-refractivity contribution is 0.359. The molecule has 1 aromatic carbocycles. The van der Waals surface area contributed by atoms with Gasteiger partial charge in [-0.2, -0.15) is 4.39 Å². The molecule has 82 valence electrons. The van der Waals surface area contributed by atoms with E-state index in [0.717, 1.165) is 0 Å². The van der Waals surface area contributed by atoms with Gasteiger partial charge in [0.05, 0.1) is 5.02 Å². The molecule has 0 radical (unpaired) electrons. The van der Waals surface area contributed by atoms with Crippen LogP contribution in [0.25, 0.3) is 0 Å². The molecule has 1 aromatic rings. The smallest absolute Gasteiger partial charge is 0.165 e. The van der Waals surface area contributed by atoms with Gasteiger partial charge in [0.1, 0.15) is 18.1 Å². The quantitative estimate of drug-likeness (QED) is 0.915. The third-order valence-corrected chi connectivity index (χ3v) is 2.33. The number of benzene rings is 1. The van der Waals surface area contributed by atoms with Crippen molar-refractivity contribution < 1.29 is 14.2 Å². The van der Waals surface area contributed by atoms with Gasteiger partial charge >= 0.3 is 0 Å². The molecule has 0 aliphatic heterocycles. The highest BCUT2D eigenvalue weighted by Crippen LogP contribution is 2.31. The standard InChI is InChI=1S/C10H9BrClFO2/c1-6-4-7(5-8(12)10(6)14)15-3-2-9(11)13/h2,4-5,14H,3H2,1H3. The lowest BCUT2D eigenvalue weighted by atomic mass is 10.2. The number of aromatic hydroxyl groups is 1. The fourth-order valence-electron chi connectivity index (χ4n) is 0.989. The Hall–Kier alpha value is -0.740. The molecule has 0 saturated heterocycles. The predicted octanol–water partition coefficient (Wildman–Crippen LogP) is 3.94. The summed E-state index contributed by atoms with van der Waals surface area (Å²) in [5, 5.41) is 9.59. The van der Waals surface area contributed by atoms with Gasteiger partial charge in [-0.15, -0.1) is 0 Å². The maximum Gasteiger partial charge on any atom is 0.165 e. The van der Waals surface area contributed by atoms with Crippen molar-refractivity contribution in [2.75, 3.05) is 6.61 Å². The van der Waals surface area contributed by atoms with Gasteiger partial charge in [0.2, 0.25) is 0 Å². The van der Waals surface area contributed by atoms with Crippen LogP contribution in [0, 0.1) is 6.92 Å². The number of ether oxygens (including phenoxy) is 1. The van der Waals surface area contributed by atoms with Crippen LogP contribution in [-0.2, 0) is 0 Å². The van der Waals surface area contributed by atoms with E-state index in [1.165, 1.54) is 12.1 Å². The first-order valence-electron chi connectivity index (χ1n) is 4.13. The minimum absolute atomic E-state index is 0.0335. The molecule has 0 bridgehead atoms. The number of hydrogen-bond donors (Lipinski definition) is 1. The van der Waals surface area contributed by atoms with Crippen LogP contribution < -0.4 is 4.74 Å². The van der Waals surface area contributed by atoms with Crippen LogP contribution in [0.5, 0.6) is 11.5 Å².